The van der Waals surface area contributed by atoms with Gasteiger partial charge in [-0.25, -0.2) is 9.78 Å². The summed E-state index contributed by atoms with van der Waals surface area (Å²) < 4.78 is 8.46. The van der Waals surface area contributed by atoms with Crippen molar-refractivity contribution in [3.05, 3.63) is 90.9 Å². The third kappa shape index (κ3) is 4.78. The van der Waals surface area contributed by atoms with Gasteiger partial charge in [0.05, 0.1) is 22.8 Å². The van der Waals surface area contributed by atoms with Crippen molar-refractivity contribution in [2.24, 2.45) is 7.05 Å². The van der Waals surface area contributed by atoms with Crippen LogP contribution in [0.5, 0.6) is 11.5 Å². The van der Waals surface area contributed by atoms with E-state index in [0.717, 1.165) is 10.1 Å². The smallest absolute Gasteiger partial charge is 0.332 e. The fraction of sp³-hybridized carbons (Fsp3) is 0.217. The molecule has 0 amide bonds. The lowest BCUT2D eigenvalue weighted by atomic mass is 10.0. The molecule has 10 heteroatoms. The van der Waals surface area contributed by atoms with Gasteiger partial charge in [0.2, 0.25) is 0 Å². The monoisotopic (exact) mass is 486 g/mol. The van der Waals surface area contributed by atoms with Crippen LogP contribution in [0.3, 0.4) is 0 Å². The zero-order valence-electron chi connectivity index (χ0n) is 17.7. The van der Waals surface area contributed by atoms with Crippen molar-refractivity contribution in [1.29, 1.82) is 0 Å². The summed E-state index contributed by atoms with van der Waals surface area (Å²) in [5.74, 6) is 0.720. The molecule has 0 radical (unpaired) electrons. The van der Waals surface area contributed by atoms with Crippen LogP contribution in [0.4, 0.5) is 0 Å². The molecule has 0 atom stereocenters. The highest BCUT2D eigenvalue weighted by Crippen LogP contribution is 2.31. The molecular weight excluding hydrogens is 467 g/mol. The summed E-state index contributed by atoms with van der Waals surface area (Å²) in [5, 5.41) is 10.5. The van der Waals surface area contributed by atoms with E-state index in [9.17, 15) is 14.7 Å². The highest BCUT2D eigenvalue weighted by molar-refractivity contribution is 6.30. The van der Waals surface area contributed by atoms with Gasteiger partial charge in [0.15, 0.2) is 0 Å². The molecule has 0 spiro atoms. The number of hydrogen-bond acceptors (Lipinski definition) is 6. The van der Waals surface area contributed by atoms with E-state index in [4.69, 9.17) is 27.9 Å². The van der Waals surface area contributed by atoms with Crippen LogP contribution < -0.4 is 16.0 Å². The number of ether oxygens (including phenoxy) is 1. The Labute approximate surface area is 198 Å². The number of aliphatic hydroxyl groups excluding tert-OH is 1. The molecule has 0 bridgehead atoms. The van der Waals surface area contributed by atoms with Crippen LogP contribution in [0.25, 0.3) is 11.0 Å². The van der Waals surface area contributed by atoms with Crippen molar-refractivity contribution in [1.82, 2.24) is 19.1 Å². The topological polar surface area (TPSA) is 99.2 Å². The zero-order valence-corrected chi connectivity index (χ0v) is 19.2. The molecule has 33 heavy (non-hydrogen) atoms. The summed E-state index contributed by atoms with van der Waals surface area (Å²) >= 11 is 12.1. The van der Waals surface area contributed by atoms with Crippen molar-refractivity contribution in [2.75, 3.05) is 6.61 Å². The first-order chi connectivity index (χ1) is 15.9. The number of benzene rings is 1. The standard InChI is InChI=1S/C23H20Cl2N4O4/c1-28-21-20(22(31)29(23(28)32)7-2-8-30)18(9-14-3-5-15(24)6-4-14)19(13-27-21)33-17-10-16(25)11-26-12-17/h3-6,10-13,30H,2,7-9H2,1H3. The first-order valence-electron chi connectivity index (χ1n) is 10.1. The van der Waals surface area contributed by atoms with Crippen molar-refractivity contribution < 1.29 is 9.84 Å². The average molecular weight is 487 g/mol. The molecule has 0 saturated heterocycles. The molecule has 0 saturated carbocycles. The molecule has 0 unspecified atom stereocenters. The van der Waals surface area contributed by atoms with Gasteiger partial charge in [0.25, 0.3) is 5.56 Å². The van der Waals surface area contributed by atoms with Gasteiger partial charge in [-0.1, -0.05) is 35.3 Å². The van der Waals surface area contributed by atoms with Gasteiger partial charge in [-0.05, 0) is 24.1 Å². The number of aliphatic hydroxyl groups is 1. The molecule has 8 nitrogen and oxygen atoms in total. The molecule has 4 aromatic rings. The Morgan fingerprint density at radius 2 is 1.82 bits per heavy atom. The van der Waals surface area contributed by atoms with Crippen LogP contribution in [-0.2, 0) is 20.0 Å². The van der Waals surface area contributed by atoms with Crippen LogP contribution in [0.1, 0.15) is 17.5 Å². The van der Waals surface area contributed by atoms with Gasteiger partial charge < -0.3 is 9.84 Å². The largest absolute Gasteiger partial charge is 0.454 e. The van der Waals surface area contributed by atoms with Crippen molar-refractivity contribution in [2.45, 2.75) is 19.4 Å². The predicted molar refractivity (Wildman–Crippen MR) is 127 cm³/mol. The lowest BCUT2D eigenvalue weighted by molar-refractivity contribution is 0.277. The van der Waals surface area contributed by atoms with Crippen LogP contribution in [0.15, 0.2) is 58.5 Å². The Morgan fingerprint density at radius 3 is 2.52 bits per heavy atom. The molecule has 0 aliphatic carbocycles. The second kappa shape index (κ2) is 9.74. The van der Waals surface area contributed by atoms with E-state index in [1.165, 1.54) is 23.2 Å². The van der Waals surface area contributed by atoms with Crippen LogP contribution in [0, 0.1) is 0 Å². The highest BCUT2D eigenvalue weighted by Gasteiger charge is 2.20. The van der Waals surface area contributed by atoms with Crippen molar-refractivity contribution in [3.63, 3.8) is 0 Å². The second-order valence-electron chi connectivity index (χ2n) is 7.42. The number of rotatable bonds is 7. The van der Waals surface area contributed by atoms with E-state index in [-0.39, 0.29) is 30.6 Å². The van der Waals surface area contributed by atoms with Crippen molar-refractivity contribution >= 4 is 34.2 Å². The Kier molecular flexibility index (Phi) is 6.78. The lowest BCUT2D eigenvalue weighted by Gasteiger charge is -2.16. The fourth-order valence-corrected chi connectivity index (χ4v) is 3.85. The Bertz CT molecular complexity index is 1430. The Morgan fingerprint density at radius 1 is 1.06 bits per heavy atom. The second-order valence-corrected chi connectivity index (χ2v) is 8.29. The summed E-state index contributed by atoms with van der Waals surface area (Å²) in [5.41, 5.74) is 0.689. The maximum Gasteiger partial charge on any atom is 0.332 e. The third-order valence-corrected chi connectivity index (χ3v) is 5.62. The number of pyridine rings is 2. The molecule has 3 aromatic heterocycles. The van der Waals surface area contributed by atoms with Crippen LogP contribution in [0.2, 0.25) is 10.0 Å². The van der Waals surface area contributed by atoms with Gasteiger partial charge in [0.1, 0.15) is 17.1 Å². The Hall–Kier alpha value is -3.20. The van der Waals surface area contributed by atoms with Crippen LogP contribution in [-0.4, -0.2) is 30.8 Å². The predicted octanol–water partition coefficient (Wildman–Crippen LogP) is 3.56. The maximum atomic E-state index is 13.4. The molecule has 1 N–H and O–H groups in total. The molecule has 1 aromatic carbocycles. The van der Waals surface area contributed by atoms with E-state index in [0.29, 0.717) is 33.5 Å². The van der Waals surface area contributed by atoms with Gasteiger partial charge in [-0.15, -0.1) is 0 Å². The van der Waals surface area contributed by atoms with E-state index < -0.39 is 11.2 Å². The van der Waals surface area contributed by atoms with E-state index in [2.05, 4.69) is 9.97 Å². The van der Waals surface area contributed by atoms with E-state index in [1.54, 1.807) is 25.2 Å². The van der Waals surface area contributed by atoms with E-state index in [1.807, 2.05) is 12.1 Å². The molecule has 0 aliphatic heterocycles. The Balaban J connectivity index is 1.97. The number of halogens is 2. The van der Waals surface area contributed by atoms with Crippen LogP contribution >= 0.6 is 23.2 Å². The normalized spacial score (nSPS) is 11.2. The molecular formula is C23H20Cl2N4O4. The third-order valence-electron chi connectivity index (χ3n) is 5.16. The summed E-state index contributed by atoms with van der Waals surface area (Å²) in [6.45, 7) is -0.0595. The van der Waals surface area contributed by atoms with Gasteiger partial charge in [-0.2, -0.15) is 0 Å². The van der Waals surface area contributed by atoms with Gasteiger partial charge in [0, 0.05) is 49.5 Å². The number of aryl methyl sites for hydroxylation is 1. The number of hydrogen-bond donors (Lipinski definition) is 1. The first kappa shape index (κ1) is 23.0. The molecule has 4 rings (SSSR count). The highest BCUT2D eigenvalue weighted by atomic mass is 35.5. The summed E-state index contributed by atoms with van der Waals surface area (Å²) in [4.78, 5) is 34.6. The zero-order chi connectivity index (χ0) is 23.5. The summed E-state index contributed by atoms with van der Waals surface area (Å²) in [6.07, 6.45) is 5.06. The quantitative estimate of drug-likeness (QED) is 0.428. The van der Waals surface area contributed by atoms with E-state index >= 15 is 0 Å². The number of aromatic nitrogens is 4. The average Bonchev–Trinajstić information content (AvgIpc) is 2.80. The summed E-state index contributed by atoms with van der Waals surface area (Å²) in [7, 11) is 1.56. The number of fused-ring (bicyclic) bond motifs is 1. The molecule has 0 aliphatic rings. The minimum Gasteiger partial charge on any atom is -0.454 e. The minimum atomic E-state index is -0.501. The maximum absolute atomic E-state index is 13.4. The summed E-state index contributed by atoms with van der Waals surface area (Å²) in [6, 6.07) is 8.83. The molecule has 170 valence electrons. The van der Waals surface area contributed by atoms with Gasteiger partial charge in [-0.3, -0.25) is 18.9 Å². The lowest BCUT2D eigenvalue weighted by Crippen LogP contribution is -2.40. The van der Waals surface area contributed by atoms with Crippen molar-refractivity contribution in [3.8, 4) is 11.5 Å². The molecule has 0 fully saturated rings. The van der Waals surface area contributed by atoms with Gasteiger partial charge >= 0.3 is 5.69 Å². The molecule has 3 heterocycles. The fourth-order valence-electron chi connectivity index (χ4n) is 3.56. The number of nitrogens with zero attached hydrogens (tertiary/aromatic N) is 4. The minimum absolute atomic E-state index is 0.0849. The SMILES string of the molecule is Cn1c(=O)n(CCCO)c(=O)c2c(Cc3ccc(Cl)cc3)c(Oc3cncc(Cl)c3)cnc21. The first-order valence-corrected chi connectivity index (χ1v) is 10.9.